The smallest absolute Gasteiger partial charge is 0.0557 e. The average molecular weight is 209 g/mol. The summed E-state index contributed by atoms with van der Waals surface area (Å²) in [6, 6.07) is 17.1. The molecular formula is C15H15N. The van der Waals surface area contributed by atoms with Crippen molar-refractivity contribution in [1.82, 2.24) is 0 Å². The van der Waals surface area contributed by atoms with Gasteiger partial charge in [0.1, 0.15) is 0 Å². The molecule has 80 valence electrons. The lowest BCUT2D eigenvalue weighted by Gasteiger charge is -2.14. The lowest BCUT2D eigenvalue weighted by Crippen LogP contribution is -2.13. The number of benzene rings is 2. The van der Waals surface area contributed by atoms with Crippen molar-refractivity contribution < 1.29 is 0 Å². The van der Waals surface area contributed by atoms with Crippen molar-refractivity contribution in [2.75, 3.05) is 0 Å². The monoisotopic (exact) mass is 209 g/mol. The first-order chi connectivity index (χ1) is 7.86. The highest BCUT2D eigenvalue weighted by atomic mass is 14.6. The zero-order valence-corrected chi connectivity index (χ0v) is 9.19. The minimum Gasteiger partial charge on any atom is -0.320 e. The Labute approximate surface area is 95.9 Å². The first kappa shape index (κ1) is 9.61. The van der Waals surface area contributed by atoms with Crippen LogP contribution in [0.4, 0.5) is 0 Å². The van der Waals surface area contributed by atoms with Gasteiger partial charge in [-0.3, -0.25) is 0 Å². The molecule has 0 radical (unpaired) electrons. The third-order valence-electron chi connectivity index (χ3n) is 3.44. The van der Waals surface area contributed by atoms with Gasteiger partial charge in [0.05, 0.1) is 6.04 Å². The van der Waals surface area contributed by atoms with E-state index < -0.39 is 0 Å². The highest BCUT2D eigenvalue weighted by Gasteiger charge is 2.19. The predicted octanol–water partition coefficient (Wildman–Crippen LogP) is 2.83. The summed E-state index contributed by atoms with van der Waals surface area (Å²) in [5.41, 5.74) is 11.7. The summed E-state index contributed by atoms with van der Waals surface area (Å²) >= 11 is 0. The summed E-state index contributed by atoms with van der Waals surface area (Å²) in [5, 5.41) is 0. The Kier molecular flexibility index (Phi) is 2.26. The van der Waals surface area contributed by atoms with E-state index in [-0.39, 0.29) is 6.04 Å². The summed E-state index contributed by atoms with van der Waals surface area (Å²) in [4.78, 5) is 0. The number of aryl methyl sites for hydroxylation is 2. The molecule has 0 saturated heterocycles. The second kappa shape index (κ2) is 3.76. The second-order valence-corrected chi connectivity index (χ2v) is 4.38. The van der Waals surface area contributed by atoms with Gasteiger partial charge in [-0.1, -0.05) is 48.5 Å². The van der Waals surface area contributed by atoms with Crippen LogP contribution >= 0.6 is 0 Å². The average Bonchev–Trinajstić information content (AvgIpc) is 2.49. The topological polar surface area (TPSA) is 26.0 Å². The molecule has 3 rings (SSSR count). The van der Waals surface area contributed by atoms with E-state index in [0.29, 0.717) is 0 Å². The van der Waals surface area contributed by atoms with Crippen LogP contribution in [0.5, 0.6) is 0 Å². The normalized spacial score (nSPS) is 15.1. The van der Waals surface area contributed by atoms with Crippen molar-refractivity contribution in [3.63, 3.8) is 0 Å². The number of hydrogen-bond acceptors (Lipinski definition) is 1. The lowest BCUT2D eigenvalue weighted by molar-refractivity contribution is 0.863. The number of hydrogen-bond donors (Lipinski definition) is 1. The van der Waals surface area contributed by atoms with Crippen LogP contribution in [0.15, 0.2) is 48.5 Å². The van der Waals surface area contributed by atoms with Gasteiger partial charge in [0, 0.05) is 0 Å². The quantitative estimate of drug-likeness (QED) is 0.709. The molecule has 0 bridgehead atoms. The van der Waals surface area contributed by atoms with E-state index in [1.807, 2.05) is 0 Å². The van der Waals surface area contributed by atoms with Crippen LogP contribution in [0, 0.1) is 0 Å². The van der Waals surface area contributed by atoms with Gasteiger partial charge in [-0.15, -0.1) is 0 Å². The molecule has 0 heterocycles. The second-order valence-electron chi connectivity index (χ2n) is 4.38. The number of fused-ring (bicyclic) bond motifs is 2. The molecule has 0 aromatic heterocycles. The third kappa shape index (κ3) is 1.44. The zero-order valence-electron chi connectivity index (χ0n) is 9.19. The summed E-state index contributed by atoms with van der Waals surface area (Å²) in [6.07, 6.45) is 2.20. The molecular weight excluding hydrogens is 194 g/mol. The molecule has 2 aromatic rings. The minimum absolute atomic E-state index is 0.0369. The molecule has 0 aliphatic heterocycles. The van der Waals surface area contributed by atoms with Gasteiger partial charge in [0.15, 0.2) is 0 Å². The Hall–Kier alpha value is -1.60. The van der Waals surface area contributed by atoms with Crippen LogP contribution in [0.25, 0.3) is 0 Å². The van der Waals surface area contributed by atoms with Gasteiger partial charge in [0.2, 0.25) is 0 Å². The highest BCUT2D eigenvalue weighted by molar-refractivity contribution is 5.43. The van der Waals surface area contributed by atoms with Crippen LogP contribution in [-0.2, 0) is 12.8 Å². The molecule has 1 aliphatic carbocycles. The molecule has 0 spiro atoms. The Balaban J connectivity index is 2.18. The molecule has 0 saturated carbocycles. The van der Waals surface area contributed by atoms with Gasteiger partial charge in [-0.2, -0.15) is 0 Å². The van der Waals surface area contributed by atoms with E-state index in [0.717, 1.165) is 12.8 Å². The molecule has 0 atom stereocenters. The molecule has 1 heteroatoms. The molecule has 16 heavy (non-hydrogen) atoms. The SMILES string of the molecule is NC1c2ccccc2CCc2ccccc21. The maximum Gasteiger partial charge on any atom is 0.0557 e. The fraction of sp³-hybridized carbons (Fsp3) is 0.200. The van der Waals surface area contributed by atoms with E-state index in [1.54, 1.807) is 0 Å². The van der Waals surface area contributed by atoms with Crippen molar-refractivity contribution in [2.24, 2.45) is 5.73 Å². The first-order valence-electron chi connectivity index (χ1n) is 5.77. The molecule has 0 fully saturated rings. The third-order valence-corrected chi connectivity index (χ3v) is 3.44. The lowest BCUT2D eigenvalue weighted by atomic mass is 9.96. The predicted molar refractivity (Wildman–Crippen MR) is 66.3 cm³/mol. The Bertz CT molecular complexity index is 469. The van der Waals surface area contributed by atoms with Crippen molar-refractivity contribution >= 4 is 0 Å². The Morgan fingerprint density at radius 2 is 1.19 bits per heavy atom. The van der Waals surface area contributed by atoms with Crippen LogP contribution < -0.4 is 5.73 Å². The van der Waals surface area contributed by atoms with Crippen molar-refractivity contribution in [2.45, 2.75) is 18.9 Å². The zero-order chi connectivity index (χ0) is 11.0. The van der Waals surface area contributed by atoms with E-state index in [4.69, 9.17) is 5.73 Å². The standard InChI is InChI=1S/C15H15N/c16-15-13-7-3-1-5-11(13)9-10-12-6-2-4-8-14(12)15/h1-8,15H,9-10,16H2. The van der Waals surface area contributed by atoms with Gasteiger partial charge < -0.3 is 5.73 Å². The van der Waals surface area contributed by atoms with E-state index in [1.165, 1.54) is 22.3 Å². The van der Waals surface area contributed by atoms with Gasteiger partial charge in [0.25, 0.3) is 0 Å². The maximum atomic E-state index is 6.36. The van der Waals surface area contributed by atoms with Gasteiger partial charge in [-0.05, 0) is 35.1 Å². The van der Waals surface area contributed by atoms with E-state index in [9.17, 15) is 0 Å². The minimum atomic E-state index is 0.0369. The maximum absolute atomic E-state index is 6.36. The molecule has 1 aliphatic rings. The van der Waals surface area contributed by atoms with Crippen LogP contribution in [0.2, 0.25) is 0 Å². The Morgan fingerprint density at radius 1 is 0.750 bits per heavy atom. The van der Waals surface area contributed by atoms with Gasteiger partial charge in [-0.25, -0.2) is 0 Å². The fourth-order valence-electron chi connectivity index (χ4n) is 2.57. The summed E-state index contributed by atoms with van der Waals surface area (Å²) < 4.78 is 0. The molecule has 2 aromatic carbocycles. The summed E-state index contributed by atoms with van der Waals surface area (Å²) in [5.74, 6) is 0. The number of nitrogens with two attached hydrogens (primary N) is 1. The summed E-state index contributed by atoms with van der Waals surface area (Å²) in [7, 11) is 0. The van der Waals surface area contributed by atoms with E-state index in [2.05, 4.69) is 48.5 Å². The van der Waals surface area contributed by atoms with Crippen molar-refractivity contribution in [1.29, 1.82) is 0 Å². The van der Waals surface area contributed by atoms with Crippen LogP contribution in [-0.4, -0.2) is 0 Å². The van der Waals surface area contributed by atoms with E-state index >= 15 is 0 Å². The first-order valence-corrected chi connectivity index (χ1v) is 5.77. The van der Waals surface area contributed by atoms with Crippen LogP contribution in [0.3, 0.4) is 0 Å². The largest absolute Gasteiger partial charge is 0.320 e. The van der Waals surface area contributed by atoms with Crippen molar-refractivity contribution in [3.8, 4) is 0 Å². The Morgan fingerprint density at radius 3 is 1.69 bits per heavy atom. The molecule has 0 unspecified atom stereocenters. The molecule has 0 amide bonds. The fourth-order valence-corrected chi connectivity index (χ4v) is 2.57. The molecule has 2 N–H and O–H groups in total. The highest BCUT2D eigenvalue weighted by Crippen LogP contribution is 2.30. The molecule has 1 nitrogen and oxygen atoms in total. The van der Waals surface area contributed by atoms with Crippen LogP contribution in [0.1, 0.15) is 28.3 Å². The number of rotatable bonds is 0. The van der Waals surface area contributed by atoms with Crippen molar-refractivity contribution in [3.05, 3.63) is 70.8 Å². The summed E-state index contributed by atoms with van der Waals surface area (Å²) in [6.45, 7) is 0. The van der Waals surface area contributed by atoms with Gasteiger partial charge >= 0.3 is 0 Å².